The molecule has 0 saturated carbocycles. The Morgan fingerprint density at radius 2 is 2.06 bits per heavy atom. The minimum Gasteiger partial charge on any atom is -0.389 e. The summed E-state index contributed by atoms with van der Waals surface area (Å²) in [5.41, 5.74) is 0.700. The van der Waals surface area contributed by atoms with E-state index in [0.717, 1.165) is 25.7 Å². The number of benzene rings is 1. The van der Waals surface area contributed by atoms with E-state index in [2.05, 4.69) is 17.4 Å². The van der Waals surface area contributed by atoms with Gasteiger partial charge in [-0.2, -0.15) is 0 Å². The molecule has 0 aliphatic carbocycles. The van der Waals surface area contributed by atoms with Gasteiger partial charge in [-0.25, -0.2) is 0 Å². The van der Waals surface area contributed by atoms with E-state index in [-0.39, 0.29) is 18.3 Å². The van der Waals surface area contributed by atoms with Crippen LogP contribution in [-0.4, -0.2) is 29.1 Å². The van der Waals surface area contributed by atoms with E-state index in [4.69, 9.17) is 0 Å². The van der Waals surface area contributed by atoms with Gasteiger partial charge in [-0.15, -0.1) is 0 Å². The molecule has 2 N–H and O–H groups in total. The van der Waals surface area contributed by atoms with E-state index in [1.807, 2.05) is 18.2 Å². The summed E-state index contributed by atoms with van der Waals surface area (Å²) in [7, 11) is 0. The van der Waals surface area contributed by atoms with E-state index in [0.29, 0.717) is 6.04 Å². The molecule has 2 heterocycles. The zero-order chi connectivity index (χ0) is 12.6. The Morgan fingerprint density at radius 3 is 2.78 bits per heavy atom. The molecule has 3 atom stereocenters. The number of fused-ring (bicyclic) bond motifs is 2. The second kappa shape index (κ2) is 4.48. The maximum Gasteiger partial charge on any atom is 0.178 e. The molecule has 18 heavy (non-hydrogen) atoms. The molecule has 1 aromatic carbocycles. The minimum atomic E-state index is -0.515. The van der Waals surface area contributed by atoms with Gasteiger partial charge in [-0.3, -0.25) is 4.79 Å². The molecule has 0 aromatic heterocycles. The summed E-state index contributed by atoms with van der Waals surface area (Å²) in [5.74, 6) is 0.163. The highest BCUT2D eigenvalue weighted by molar-refractivity contribution is 5.91. The number of piperidine rings is 1. The van der Waals surface area contributed by atoms with Crippen molar-refractivity contribution in [3.05, 3.63) is 35.9 Å². The van der Waals surface area contributed by atoms with E-state index in [1.54, 1.807) is 0 Å². The number of nitrogens with one attached hydrogen (secondary N) is 1. The lowest BCUT2D eigenvalue weighted by Gasteiger charge is -2.41. The van der Waals surface area contributed by atoms with E-state index >= 15 is 0 Å². The molecule has 0 radical (unpaired) electrons. The smallest absolute Gasteiger partial charge is 0.178 e. The van der Waals surface area contributed by atoms with Gasteiger partial charge in [0.2, 0.25) is 0 Å². The number of aliphatic hydroxyl groups is 1. The van der Waals surface area contributed by atoms with Crippen LogP contribution in [0.3, 0.4) is 0 Å². The molecule has 2 saturated heterocycles. The van der Waals surface area contributed by atoms with Crippen molar-refractivity contribution < 1.29 is 9.90 Å². The Bertz CT molecular complexity index is 445. The fourth-order valence-corrected chi connectivity index (χ4v) is 3.71. The summed E-state index contributed by atoms with van der Waals surface area (Å²) in [5, 5.41) is 12.8. The van der Waals surface area contributed by atoms with Crippen LogP contribution in [0.2, 0.25) is 0 Å². The summed E-state index contributed by atoms with van der Waals surface area (Å²) in [6.45, 7) is -0.358. The largest absolute Gasteiger partial charge is 0.389 e. The van der Waals surface area contributed by atoms with Crippen molar-refractivity contribution in [2.45, 2.75) is 43.2 Å². The zero-order valence-corrected chi connectivity index (χ0v) is 10.4. The number of carbonyl (C=O) groups is 1. The summed E-state index contributed by atoms with van der Waals surface area (Å²) in [6.07, 6.45) is 4.07. The number of rotatable bonds is 3. The Kier molecular flexibility index (Phi) is 2.96. The molecule has 0 amide bonds. The van der Waals surface area contributed by atoms with Crippen LogP contribution in [0.25, 0.3) is 0 Å². The third kappa shape index (κ3) is 1.70. The quantitative estimate of drug-likeness (QED) is 0.850. The Morgan fingerprint density at radius 1 is 1.28 bits per heavy atom. The fourth-order valence-electron chi connectivity index (χ4n) is 3.71. The SMILES string of the molecule is O=C(CO)[C@@]12CC[C@@H](CCC1c1ccccc1)N2. The van der Waals surface area contributed by atoms with Crippen LogP contribution in [0, 0.1) is 0 Å². The molecule has 3 heteroatoms. The zero-order valence-electron chi connectivity index (χ0n) is 10.4. The van der Waals surface area contributed by atoms with Gasteiger partial charge >= 0.3 is 0 Å². The first-order valence-electron chi connectivity index (χ1n) is 6.73. The summed E-state index contributed by atoms with van der Waals surface area (Å²) < 4.78 is 0. The molecule has 2 aliphatic rings. The minimum absolute atomic E-state index is 0.0430. The Labute approximate surface area is 107 Å². The summed E-state index contributed by atoms with van der Waals surface area (Å²) in [6, 6.07) is 10.7. The lowest BCUT2D eigenvalue weighted by atomic mass is 9.72. The average molecular weight is 245 g/mol. The number of carbonyl (C=O) groups excluding carboxylic acids is 1. The van der Waals surface area contributed by atoms with Crippen molar-refractivity contribution in [3.63, 3.8) is 0 Å². The number of hydrogen-bond acceptors (Lipinski definition) is 3. The average Bonchev–Trinajstić information content (AvgIpc) is 2.78. The van der Waals surface area contributed by atoms with E-state index in [1.165, 1.54) is 5.56 Å². The Hall–Kier alpha value is -1.19. The highest BCUT2D eigenvalue weighted by atomic mass is 16.3. The molecule has 3 rings (SSSR count). The first-order chi connectivity index (χ1) is 8.76. The van der Waals surface area contributed by atoms with Gasteiger partial charge in [-0.1, -0.05) is 30.3 Å². The van der Waals surface area contributed by atoms with Crippen molar-refractivity contribution in [1.29, 1.82) is 0 Å². The topological polar surface area (TPSA) is 49.3 Å². The first-order valence-corrected chi connectivity index (χ1v) is 6.73. The second-order valence-corrected chi connectivity index (χ2v) is 5.47. The van der Waals surface area contributed by atoms with Crippen LogP contribution in [0.5, 0.6) is 0 Å². The molecule has 3 nitrogen and oxygen atoms in total. The van der Waals surface area contributed by atoms with Gasteiger partial charge in [0.25, 0.3) is 0 Å². The van der Waals surface area contributed by atoms with Crippen LogP contribution in [0.4, 0.5) is 0 Å². The lowest BCUT2D eigenvalue weighted by molar-refractivity contribution is -0.129. The van der Waals surface area contributed by atoms with Crippen molar-refractivity contribution in [1.82, 2.24) is 5.32 Å². The molecular weight excluding hydrogens is 226 g/mol. The van der Waals surface area contributed by atoms with Crippen LogP contribution >= 0.6 is 0 Å². The maximum absolute atomic E-state index is 12.2. The lowest BCUT2D eigenvalue weighted by Crippen LogP contribution is -2.58. The van der Waals surface area contributed by atoms with Crippen molar-refractivity contribution in [2.75, 3.05) is 6.61 Å². The van der Waals surface area contributed by atoms with Crippen LogP contribution in [0.15, 0.2) is 30.3 Å². The standard InChI is InChI=1S/C15H19NO2/c17-10-14(18)15-9-8-12(16-15)6-7-13(15)11-4-2-1-3-5-11/h1-5,12-13,16-17H,6-10H2/t12-,13?,15-/m1/s1. The highest BCUT2D eigenvalue weighted by Gasteiger charge is 2.52. The van der Waals surface area contributed by atoms with Crippen molar-refractivity contribution >= 4 is 5.78 Å². The summed E-state index contributed by atoms with van der Waals surface area (Å²) in [4.78, 5) is 12.2. The van der Waals surface area contributed by atoms with Crippen LogP contribution in [0.1, 0.15) is 37.2 Å². The van der Waals surface area contributed by atoms with E-state index < -0.39 is 5.54 Å². The number of hydrogen-bond donors (Lipinski definition) is 2. The van der Waals surface area contributed by atoms with Gasteiger partial charge in [0.15, 0.2) is 5.78 Å². The third-order valence-corrected chi connectivity index (χ3v) is 4.59. The highest BCUT2D eigenvalue weighted by Crippen LogP contribution is 2.45. The third-order valence-electron chi connectivity index (χ3n) is 4.59. The molecule has 1 aromatic rings. The normalized spacial score (nSPS) is 34.5. The molecule has 1 unspecified atom stereocenters. The predicted molar refractivity (Wildman–Crippen MR) is 69.4 cm³/mol. The van der Waals surface area contributed by atoms with Crippen LogP contribution in [-0.2, 0) is 4.79 Å². The monoisotopic (exact) mass is 245 g/mol. The van der Waals surface area contributed by atoms with E-state index in [9.17, 15) is 9.90 Å². The molecule has 2 bridgehead atoms. The maximum atomic E-state index is 12.2. The molecule has 0 spiro atoms. The molecule has 2 aliphatic heterocycles. The number of aliphatic hydroxyl groups excluding tert-OH is 1. The van der Waals surface area contributed by atoms with Gasteiger partial charge < -0.3 is 10.4 Å². The van der Waals surface area contributed by atoms with Gasteiger partial charge in [0.05, 0.1) is 5.54 Å². The molecule has 2 fully saturated rings. The van der Waals surface area contributed by atoms with Crippen LogP contribution < -0.4 is 5.32 Å². The second-order valence-electron chi connectivity index (χ2n) is 5.47. The fraction of sp³-hybridized carbons (Fsp3) is 0.533. The van der Waals surface area contributed by atoms with Gasteiger partial charge in [-0.05, 0) is 31.2 Å². The predicted octanol–water partition coefficient (Wildman–Crippen LogP) is 1.62. The number of Topliss-reactive ketones (excluding diaryl/α,β-unsaturated/α-hetero) is 1. The van der Waals surface area contributed by atoms with Gasteiger partial charge in [0, 0.05) is 12.0 Å². The van der Waals surface area contributed by atoms with Gasteiger partial charge in [0.1, 0.15) is 6.61 Å². The Balaban J connectivity index is 1.99. The van der Waals surface area contributed by atoms with Crippen molar-refractivity contribution in [3.8, 4) is 0 Å². The first kappa shape index (κ1) is 11.9. The van der Waals surface area contributed by atoms with Crippen molar-refractivity contribution in [2.24, 2.45) is 0 Å². The molecule has 96 valence electrons. The number of ketones is 1. The summed E-state index contributed by atoms with van der Waals surface area (Å²) >= 11 is 0. The molecular formula is C15H19NO2.